The second kappa shape index (κ2) is 13.2. The van der Waals surface area contributed by atoms with Crippen molar-refractivity contribution in [2.45, 2.75) is 57.6 Å². The lowest BCUT2D eigenvalue weighted by Gasteiger charge is -2.41. The van der Waals surface area contributed by atoms with E-state index in [-0.39, 0.29) is 31.2 Å². The quantitative estimate of drug-likeness (QED) is 0.185. The fourth-order valence-electron chi connectivity index (χ4n) is 7.55. The summed E-state index contributed by atoms with van der Waals surface area (Å²) in [5.41, 5.74) is 6.66. The van der Waals surface area contributed by atoms with E-state index in [1.807, 2.05) is 49.4 Å². The molecule has 0 N–H and O–H groups in total. The van der Waals surface area contributed by atoms with E-state index in [0.29, 0.717) is 38.7 Å². The number of pyridine rings is 1. The van der Waals surface area contributed by atoms with Gasteiger partial charge in [0.1, 0.15) is 18.5 Å². The third-order valence-corrected chi connectivity index (χ3v) is 10.0. The van der Waals surface area contributed by atoms with Gasteiger partial charge in [-0.15, -0.1) is 0 Å². The van der Waals surface area contributed by atoms with Crippen LogP contribution in [0.3, 0.4) is 0 Å². The number of amides is 1. The second-order valence-electron chi connectivity index (χ2n) is 13.0. The van der Waals surface area contributed by atoms with E-state index < -0.39 is 6.09 Å². The smallest absolute Gasteiger partial charge is 0.410 e. The van der Waals surface area contributed by atoms with Crippen LogP contribution in [0.2, 0.25) is 0 Å². The fraction of sp³-hybridized carbons (Fsp3) is 0.308. The molecule has 2 aromatic heterocycles. The summed E-state index contributed by atoms with van der Waals surface area (Å²) in [4.78, 5) is 33.8. The number of nitriles is 1. The standard InChI is InChI=1S/C39H37N7O3/c1-26(28-14-17-41-18-15-28)49-38-42-34-24-45(35-21-30-11-5-9-29-10-6-12-32(35)36(29)30)23-33(34)37(43-38)44-19-20-46(31(22-44)13-16-40)39(47)48-25-27-7-3-2-4-8-27/h2-12,14-15,17-18,26,31,35H,13,19-25H2,1H3/t26-,31+,35?/m1/s1. The molecule has 5 aromatic rings. The lowest BCUT2D eigenvalue weighted by Crippen LogP contribution is -2.55. The number of ether oxygens (including phenoxy) is 2. The molecule has 246 valence electrons. The maximum atomic E-state index is 13.3. The first kappa shape index (κ1) is 30.8. The van der Waals surface area contributed by atoms with Gasteiger partial charge in [0, 0.05) is 56.7 Å². The minimum atomic E-state index is -0.409. The molecule has 3 aliphatic rings. The van der Waals surface area contributed by atoms with Gasteiger partial charge in [-0.25, -0.2) is 4.79 Å². The van der Waals surface area contributed by atoms with E-state index in [1.165, 1.54) is 21.9 Å². The van der Waals surface area contributed by atoms with Gasteiger partial charge in [-0.1, -0.05) is 66.7 Å². The first-order valence-corrected chi connectivity index (χ1v) is 16.9. The Kier molecular flexibility index (Phi) is 8.27. The van der Waals surface area contributed by atoms with Crippen molar-refractivity contribution in [3.63, 3.8) is 0 Å². The summed E-state index contributed by atoms with van der Waals surface area (Å²) >= 11 is 0. The number of fused-ring (bicyclic) bond motifs is 1. The number of anilines is 1. The third kappa shape index (κ3) is 6.02. The first-order valence-electron chi connectivity index (χ1n) is 16.9. The zero-order valence-electron chi connectivity index (χ0n) is 27.4. The van der Waals surface area contributed by atoms with Crippen LogP contribution in [0.5, 0.6) is 6.01 Å². The summed E-state index contributed by atoms with van der Waals surface area (Å²) in [5.74, 6) is 0.804. The molecule has 4 heterocycles. The lowest BCUT2D eigenvalue weighted by atomic mass is 10.0. The predicted molar refractivity (Wildman–Crippen MR) is 185 cm³/mol. The molecule has 1 amide bonds. The van der Waals surface area contributed by atoms with Gasteiger partial charge in [0.25, 0.3) is 0 Å². The molecule has 0 saturated carbocycles. The molecular formula is C39H37N7O3. The molecule has 3 atom stereocenters. The van der Waals surface area contributed by atoms with Crippen molar-refractivity contribution in [3.8, 4) is 12.1 Å². The van der Waals surface area contributed by atoms with Gasteiger partial charge >= 0.3 is 12.1 Å². The van der Waals surface area contributed by atoms with Crippen molar-refractivity contribution in [1.29, 1.82) is 5.26 Å². The van der Waals surface area contributed by atoms with Gasteiger partial charge in [-0.2, -0.15) is 15.2 Å². The number of hydrogen-bond donors (Lipinski definition) is 0. The number of hydrogen-bond acceptors (Lipinski definition) is 9. The van der Waals surface area contributed by atoms with Crippen LogP contribution in [-0.2, 0) is 30.9 Å². The van der Waals surface area contributed by atoms with E-state index in [0.717, 1.165) is 34.6 Å². The average molecular weight is 652 g/mol. The summed E-state index contributed by atoms with van der Waals surface area (Å²) < 4.78 is 12.1. The van der Waals surface area contributed by atoms with Crippen molar-refractivity contribution < 1.29 is 14.3 Å². The highest BCUT2D eigenvalue weighted by Gasteiger charge is 2.38. The molecule has 1 fully saturated rings. The Morgan fingerprint density at radius 2 is 1.80 bits per heavy atom. The molecule has 1 aliphatic carbocycles. The van der Waals surface area contributed by atoms with Crippen molar-refractivity contribution >= 4 is 22.7 Å². The zero-order valence-corrected chi connectivity index (χ0v) is 27.4. The maximum Gasteiger partial charge on any atom is 0.410 e. The van der Waals surface area contributed by atoms with E-state index in [4.69, 9.17) is 19.4 Å². The number of carbonyl (C=O) groups excluding carboxylic acids is 1. The molecule has 8 rings (SSSR count). The highest BCUT2D eigenvalue weighted by Crippen LogP contribution is 2.44. The summed E-state index contributed by atoms with van der Waals surface area (Å²) in [7, 11) is 0. The molecule has 0 bridgehead atoms. The SMILES string of the molecule is C[C@@H](Oc1nc2c(c(N3CCN(C(=O)OCc4ccccc4)[C@@H](CC#N)C3)n1)CN(C1Cc3cccc4cccc1c34)C2)c1ccncc1. The topological polar surface area (TPSA) is 108 Å². The predicted octanol–water partition coefficient (Wildman–Crippen LogP) is 6.52. The van der Waals surface area contributed by atoms with Gasteiger partial charge in [0.2, 0.25) is 0 Å². The van der Waals surface area contributed by atoms with Crippen molar-refractivity contribution in [2.75, 3.05) is 24.5 Å². The highest BCUT2D eigenvalue weighted by molar-refractivity contribution is 5.91. The van der Waals surface area contributed by atoms with Gasteiger partial charge in [0.15, 0.2) is 0 Å². The summed E-state index contributed by atoms with van der Waals surface area (Å²) in [6.45, 7) is 4.94. The Bertz CT molecular complexity index is 2030. The number of rotatable bonds is 8. The molecule has 49 heavy (non-hydrogen) atoms. The minimum Gasteiger partial charge on any atom is -0.456 e. The molecule has 0 spiro atoms. The number of benzene rings is 3. The van der Waals surface area contributed by atoms with Crippen LogP contribution >= 0.6 is 0 Å². The summed E-state index contributed by atoms with van der Waals surface area (Å²) in [6.07, 6.45) is 3.94. The average Bonchev–Trinajstić information content (AvgIpc) is 3.74. The minimum absolute atomic E-state index is 0.184. The van der Waals surface area contributed by atoms with Crippen molar-refractivity contribution in [1.82, 2.24) is 24.8 Å². The lowest BCUT2D eigenvalue weighted by molar-refractivity contribution is 0.0767. The Hall–Kier alpha value is -5.53. The van der Waals surface area contributed by atoms with Crippen LogP contribution in [0.15, 0.2) is 91.3 Å². The molecule has 0 radical (unpaired) electrons. The van der Waals surface area contributed by atoms with Crippen LogP contribution in [0.25, 0.3) is 10.8 Å². The van der Waals surface area contributed by atoms with Crippen LogP contribution in [-0.4, -0.2) is 56.5 Å². The van der Waals surface area contributed by atoms with E-state index in [9.17, 15) is 10.1 Å². The Balaban J connectivity index is 1.08. The maximum absolute atomic E-state index is 13.3. The third-order valence-electron chi connectivity index (χ3n) is 10.0. The molecular weight excluding hydrogens is 614 g/mol. The van der Waals surface area contributed by atoms with Gasteiger partial charge in [-0.3, -0.25) is 9.88 Å². The largest absolute Gasteiger partial charge is 0.456 e. The van der Waals surface area contributed by atoms with E-state index in [2.05, 4.69) is 57.3 Å². The van der Waals surface area contributed by atoms with Gasteiger partial charge in [-0.05, 0) is 58.5 Å². The Labute approximate surface area is 285 Å². The van der Waals surface area contributed by atoms with Crippen molar-refractivity contribution in [2.24, 2.45) is 0 Å². The van der Waals surface area contributed by atoms with Crippen LogP contribution in [0, 0.1) is 11.3 Å². The monoisotopic (exact) mass is 651 g/mol. The molecule has 1 unspecified atom stereocenters. The molecule has 3 aromatic carbocycles. The fourth-order valence-corrected chi connectivity index (χ4v) is 7.55. The number of nitrogens with zero attached hydrogens (tertiary/aromatic N) is 7. The molecule has 10 heteroatoms. The second-order valence-corrected chi connectivity index (χ2v) is 13.0. The number of aromatic nitrogens is 3. The number of carbonyl (C=O) groups is 1. The molecule has 2 aliphatic heterocycles. The van der Waals surface area contributed by atoms with Crippen LogP contribution < -0.4 is 9.64 Å². The summed E-state index contributed by atoms with van der Waals surface area (Å²) in [6, 6.07) is 29.2. The normalized spacial score (nSPS) is 19.0. The highest BCUT2D eigenvalue weighted by atomic mass is 16.6. The molecule has 10 nitrogen and oxygen atoms in total. The first-order chi connectivity index (χ1) is 24.1. The summed E-state index contributed by atoms with van der Waals surface area (Å²) in [5, 5.41) is 12.4. The number of piperazine rings is 1. The zero-order chi connectivity index (χ0) is 33.3. The Morgan fingerprint density at radius 3 is 2.61 bits per heavy atom. The van der Waals surface area contributed by atoms with E-state index in [1.54, 1.807) is 17.3 Å². The molecule has 1 saturated heterocycles. The van der Waals surface area contributed by atoms with Gasteiger partial charge < -0.3 is 19.3 Å². The Morgan fingerprint density at radius 1 is 0.980 bits per heavy atom. The van der Waals surface area contributed by atoms with E-state index >= 15 is 0 Å². The van der Waals surface area contributed by atoms with Gasteiger partial charge in [0.05, 0.1) is 24.2 Å². The van der Waals surface area contributed by atoms with Crippen LogP contribution in [0.1, 0.15) is 59.0 Å². The van der Waals surface area contributed by atoms with Crippen molar-refractivity contribution in [3.05, 3.63) is 125 Å². The van der Waals surface area contributed by atoms with Crippen LogP contribution in [0.4, 0.5) is 10.6 Å².